The minimum Gasteiger partial charge on any atom is -0.390 e. The third kappa shape index (κ3) is 11.0. The molecule has 1 rings (SSSR count). The molecule has 1 heterocycles. The Kier molecular flexibility index (Phi) is 13.6. The molecule has 0 bridgehead atoms. The van der Waals surface area contributed by atoms with Gasteiger partial charge in [0.2, 0.25) is 0 Å². The summed E-state index contributed by atoms with van der Waals surface area (Å²) in [5, 5.41) is 16.2. The molecule has 0 aliphatic rings. The van der Waals surface area contributed by atoms with Crippen molar-refractivity contribution in [1.29, 1.82) is 0 Å². The summed E-state index contributed by atoms with van der Waals surface area (Å²) in [4.78, 5) is 9.44. The van der Waals surface area contributed by atoms with Gasteiger partial charge in [0.25, 0.3) is 0 Å². The van der Waals surface area contributed by atoms with Crippen LogP contribution in [0.1, 0.15) is 33.4 Å². The minimum atomic E-state index is -0.0310. The summed E-state index contributed by atoms with van der Waals surface area (Å²) in [6.45, 7) is 8.24. The molecule has 0 aliphatic heterocycles. The largest absolute Gasteiger partial charge is 0.390 e. The highest BCUT2D eigenvalue weighted by Crippen LogP contribution is 1.94. The van der Waals surface area contributed by atoms with Crippen LogP contribution in [0.4, 0.5) is 0 Å². The highest BCUT2D eigenvalue weighted by Gasteiger charge is 1.99. The van der Waals surface area contributed by atoms with Gasteiger partial charge in [0, 0.05) is 7.11 Å². The van der Waals surface area contributed by atoms with E-state index < -0.39 is 0 Å². The smallest absolute Gasteiger partial charge is 0.126 e. The number of aliphatic hydroxyl groups is 1. The number of Topliss-reactive ketones (excluding diaryl/α,β-unsaturated/α-hetero) is 1. The second-order valence-electron chi connectivity index (χ2n) is 3.01. The highest BCUT2D eigenvalue weighted by atomic mass is 16.5. The van der Waals surface area contributed by atoms with E-state index in [-0.39, 0.29) is 12.4 Å². The zero-order chi connectivity index (χ0) is 13.7. The Morgan fingerprint density at radius 3 is 2.41 bits per heavy atom. The maximum absolute atomic E-state index is 9.44. The summed E-state index contributed by atoms with van der Waals surface area (Å²) in [7, 11) is 1.62. The molecule has 6 heteroatoms. The maximum Gasteiger partial charge on any atom is 0.126 e. The van der Waals surface area contributed by atoms with Crippen LogP contribution in [0.3, 0.4) is 0 Å². The number of ketones is 1. The molecule has 0 fully saturated rings. The molecule has 0 aliphatic carbocycles. The first-order valence-corrected chi connectivity index (χ1v) is 5.56. The van der Waals surface area contributed by atoms with E-state index in [0.29, 0.717) is 18.8 Å². The van der Waals surface area contributed by atoms with Crippen LogP contribution in [0.15, 0.2) is 6.20 Å². The molecule has 1 N–H and O–H groups in total. The fraction of sp³-hybridized carbons (Fsp3) is 0.727. The van der Waals surface area contributed by atoms with Crippen LogP contribution < -0.4 is 0 Å². The number of hydrogen-bond donors (Lipinski definition) is 1. The predicted molar refractivity (Wildman–Crippen MR) is 65.5 cm³/mol. The fourth-order valence-electron chi connectivity index (χ4n) is 0.767. The first-order chi connectivity index (χ1) is 8.11. The minimum absolute atomic E-state index is 0.0310. The van der Waals surface area contributed by atoms with Gasteiger partial charge in [-0.15, -0.1) is 5.10 Å². The van der Waals surface area contributed by atoms with Crippen LogP contribution >= 0.6 is 0 Å². The number of aromatic nitrogens is 3. The van der Waals surface area contributed by atoms with Crippen molar-refractivity contribution < 1.29 is 14.6 Å². The number of methoxy groups -OCH3 is 1. The number of carbonyl (C=O) groups is 1. The molecule has 1 aromatic rings. The number of carbonyl (C=O) groups excluding carboxylic acids is 1. The molecular weight excluding hydrogens is 222 g/mol. The van der Waals surface area contributed by atoms with Crippen LogP contribution in [-0.4, -0.2) is 39.6 Å². The van der Waals surface area contributed by atoms with Gasteiger partial charge in [-0.25, -0.2) is 4.68 Å². The Balaban J connectivity index is 0. The number of nitrogens with zero attached hydrogens (tertiary/aromatic N) is 3. The molecule has 0 unspecified atom stereocenters. The molecule has 6 nitrogen and oxygen atoms in total. The molecule has 0 saturated heterocycles. The molecule has 0 saturated carbocycles. The van der Waals surface area contributed by atoms with Gasteiger partial charge in [-0.2, -0.15) is 0 Å². The van der Waals surface area contributed by atoms with Gasteiger partial charge in [0.05, 0.1) is 31.6 Å². The van der Waals surface area contributed by atoms with Crippen molar-refractivity contribution >= 4 is 5.78 Å². The Labute approximate surface area is 103 Å². The zero-order valence-corrected chi connectivity index (χ0v) is 11.3. The number of ether oxygens (including phenoxy) is 1. The van der Waals surface area contributed by atoms with Crippen molar-refractivity contribution in [2.24, 2.45) is 0 Å². The van der Waals surface area contributed by atoms with Crippen LogP contribution in [0.5, 0.6) is 0 Å². The zero-order valence-electron chi connectivity index (χ0n) is 11.3. The summed E-state index contributed by atoms with van der Waals surface area (Å²) >= 11 is 0. The fourth-order valence-corrected chi connectivity index (χ4v) is 0.767. The standard InChI is InChI=1S/C6H11N3O2.C3H6O.C2H6/c1-11-3-2-9-6(5-10)4-7-8-9;1-3(2)4;1-2/h4,10H,2-3,5H2,1H3;1-2H3;1-2H3. The van der Waals surface area contributed by atoms with E-state index in [1.807, 2.05) is 13.8 Å². The Morgan fingerprint density at radius 1 is 1.47 bits per heavy atom. The summed E-state index contributed by atoms with van der Waals surface area (Å²) in [6, 6.07) is 0. The van der Waals surface area contributed by atoms with Gasteiger partial charge in [0.1, 0.15) is 5.78 Å². The van der Waals surface area contributed by atoms with Crippen molar-refractivity contribution in [3.05, 3.63) is 11.9 Å². The van der Waals surface area contributed by atoms with Crippen molar-refractivity contribution in [1.82, 2.24) is 15.0 Å². The maximum atomic E-state index is 9.44. The summed E-state index contributed by atoms with van der Waals surface area (Å²) in [6.07, 6.45) is 1.54. The predicted octanol–water partition coefficient (Wildman–Crippen LogP) is 1.04. The van der Waals surface area contributed by atoms with Gasteiger partial charge < -0.3 is 14.6 Å². The van der Waals surface area contributed by atoms with Gasteiger partial charge in [0.15, 0.2) is 0 Å². The molecule has 0 atom stereocenters. The van der Waals surface area contributed by atoms with Gasteiger partial charge in [-0.1, -0.05) is 19.1 Å². The number of hydrogen-bond acceptors (Lipinski definition) is 5. The van der Waals surface area contributed by atoms with Crippen LogP contribution in [0.2, 0.25) is 0 Å². The van der Waals surface area contributed by atoms with Crippen molar-refractivity contribution in [3.8, 4) is 0 Å². The van der Waals surface area contributed by atoms with Crippen molar-refractivity contribution in [2.45, 2.75) is 40.8 Å². The van der Waals surface area contributed by atoms with Gasteiger partial charge in [-0.05, 0) is 13.8 Å². The SMILES string of the molecule is CC.CC(C)=O.COCCn1nncc1CO. The van der Waals surface area contributed by atoms with E-state index in [4.69, 9.17) is 9.84 Å². The number of aliphatic hydroxyl groups excluding tert-OH is 1. The number of rotatable bonds is 4. The lowest BCUT2D eigenvalue weighted by Crippen LogP contribution is -2.09. The molecule has 0 aromatic carbocycles. The van der Waals surface area contributed by atoms with E-state index in [0.717, 1.165) is 0 Å². The second-order valence-corrected chi connectivity index (χ2v) is 3.01. The van der Waals surface area contributed by atoms with Crippen LogP contribution in [0, 0.1) is 0 Å². The monoisotopic (exact) mass is 245 g/mol. The normalized spacial score (nSPS) is 8.59. The third-order valence-corrected chi connectivity index (χ3v) is 1.37. The van der Waals surface area contributed by atoms with E-state index in [9.17, 15) is 4.79 Å². The molecule has 100 valence electrons. The Hall–Kier alpha value is -1.27. The average Bonchev–Trinajstić information content (AvgIpc) is 2.75. The van der Waals surface area contributed by atoms with Crippen LogP contribution in [-0.2, 0) is 22.7 Å². The summed E-state index contributed by atoms with van der Waals surface area (Å²) < 4.78 is 6.46. The average molecular weight is 245 g/mol. The lowest BCUT2D eigenvalue weighted by molar-refractivity contribution is -0.114. The van der Waals surface area contributed by atoms with E-state index in [1.54, 1.807) is 11.8 Å². The molecule has 17 heavy (non-hydrogen) atoms. The summed E-state index contributed by atoms with van der Waals surface area (Å²) in [5.41, 5.74) is 0.710. The van der Waals surface area contributed by atoms with Crippen molar-refractivity contribution in [3.63, 3.8) is 0 Å². The van der Waals surface area contributed by atoms with E-state index in [2.05, 4.69) is 10.3 Å². The van der Waals surface area contributed by atoms with E-state index >= 15 is 0 Å². The molecule has 0 radical (unpaired) electrons. The quantitative estimate of drug-likeness (QED) is 0.857. The highest BCUT2D eigenvalue weighted by molar-refractivity contribution is 5.72. The molecular formula is C11H23N3O3. The Bertz CT molecular complexity index is 283. The van der Waals surface area contributed by atoms with Crippen LogP contribution in [0.25, 0.3) is 0 Å². The Morgan fingerprint density at radius 2 is 2.00 bits per heavy atom. The topological polar surface area (TPSA) is 77.2 Å². The van der Waals surface area contributed by atoms with Crippen molar-refractivity contribution in [2.75, 3.05) is 13.7 Å². The van der Waals surface area contributed by atoms with Gasteiger partial charge in [-0.3, -0.25) is 0 Å². The molecule has 1 aromatic heterocycles. The third-order valence-electron chi connectivity index (χ3n) is 1.37. The summed E-state index contributed by atoms with van der Waals surface area (Å²) in [5.74, 6) is 0.167. The van der Waals surface area contributed by atoms with E-state index in [1.165, 1.54) is 20.0 Å². The second kappa shape index (κ2) is 12.8. The first kappa shape index (κ1) is 18.1. The lowest BCUT2D eigenvalue weighted by Gasteiger charge is -2.01. The first-order valence-electron chi connectivity index (χ1n) is 5.56. The molecule has 0 amide bonds. The molecule has 0 spiro atoms. The lowest BCUT2D eigenvalue weighted by atomic mass is 10.5. The van der Waals surface area contributed by atoms with Gasteiger partial charge >= 0.3 is 0 Å².